The van der Waals surface area contributed by atoms with Crippen LogP contribution in [0.15, 0.2) is 12.5 Å². The summed E-state index contributed by atoms with van der Waals surface area (Å²) in [6, 6.07) is 0. The van der Waals surface area contributed by atoms with Crippen LogP contribution in [0.25, 0.3) is 0 Å². The third-order valence-corrected chi connectivity index (χ3v) is 2.06. The Morgan fingerprint density at radius 3 is 3.00 bits per heavy atom. The molecule has 2 rings (SSSR count). The van der Waals surface area contributed by atoms with Crippen LogP contribution >= 0.6 is 0 Å². The van der Waals surface area contributed by atoms with Gasteiger partial charge in [-0.25, -0.2) is 4.98 Å². The predicted octanol–water partition coefficient (Wildman–Crippen LogP) is 1.41. The van der Waals surface area contributed by atoms with Gasteiger partial charge in [-0.2, -0.15) is 0 Å². The number of nitrogens with zero attached hydrogens (tertiary/aromatic N) is 2. The molecular weight excluding hydrogens is 152 g/mol. The lowest BCUT2D eigenvalue weighted by Gasteiger charge is -1.97. The maximum absolute atomic E-state index is 5.13. The van der Waals surface area contributed by atoms with E-state index in [1.54, 1.807) is 0 Å². The fraction of sp³-hybridized carbons (Fsp3) is 0.667. The second-order valence-electron chi connectivity index (χ2n) is 3.61. The predicted molar refractivity (Wildman–Crippen MR) is 46.1 cm³/mol. The van der Waals surface area contributed by atoms with E-state index >= 15 is 0 Å². The molecule has 1 aliphatic heterocycles. The maximum atomic E-state index is 5.13. The molecule has 12 heavy (non-hydrogen) atoms. The molecule has 0 bridgehead atoms. The Morgan fingerprint density at radius 2 is 2.50 bits per heavy atom. The summed E-state index contributed by atoms with van der Waals surface area (Å²) < 4.78 is 7.24. The second-order valence-corrected chi connectivity index (χ2v) is 3.61. The molecule has 0 radical (unpaired) electrons. The van der Waals surface area contributed by atoms with Crippen LogP contribution < -0.4 is 0 Å². The summed E-state index contributed by atoms with van der Waals surface area (Å²) in [7, 11) is 0. The molecule has 2 heterocycles. The number of hydrogen-bond acceptors (Lipinski definition) is 2. The standard InChI is InChI=1S/C9H14N2O/c1-7(2)9-4-11(6-10-9)3-8-5-12-8/h4,6-8H,3,5H2,1-2H3. The van der Waals surface area contributed by atoms with Gasteiger partial charge >= 0.3 is 0 Å². The molecule has 1 fully saturated rings. The van der Waals surface area contributed by atoms with Gasteiger partial charge in [0.1, 0.15) is 0 Å². The molecule has 0 N–H and O–H groups in total. The Balaban J connectivity index is 2.02. The molecule has 66 valence electrons. The molecule has 0 amide bonds. The molecule has 1 atom stereocenters. The lowest BCUT2D eigenvalue weighted by atomic mass is 10.2. The first-order chi connectivity index (χ1) is 5.75. The minimum absolute atomic E-state index is 0.444. The van der Waals surface area contributed by atoms with Crippen molar-refractivity contribution in [1.29, 1.82) is 0 Å². The summed E-state index contributed by atoms with van der Waals surface area (Å²) in [6.07, 6.45) is 4.43. The fourth-order valence-corrected chi connectivity index (χ4v) is 1.18. The number of ether oxygens (including phenoxy) is 1. The number of rotatable bonds is 3. The van der Waals surface area contributed by atoms with Gasteiger partial charge in [0.2, 0.25) is 0 Å². The Labute approximate surface area is 72.4 Å². The van der Waals surface area contributed by atoms with Crippen LogP contribution in [-0.4, -0.2) is 22.3 Å². The zero-order valence-corrected chi connectivity index (χ0v) is 7.53. The first-order valence-electron chi connectivity index (χ1n) is 4.39. The van der Waals surface area contributed by atoms with Gasteiger partial charge in [-0.05, 0) is 5.92 Å². The minimum atomic E-state index is 0.444. The van der Waals surface area contributed by atoms with Gasteiger partial charge in [0, 0.05) is 6.20 Å². The molecule has 1 saturated heterocycles. The molecule has 0 spiro atoms. The topological polar surface area (TPSA) is 30.4 Å². The first kappa shape index (κ1) is 7.80. The van der Waals surface area contributed by atoms with Gasteiger partial charge < -0.3 is 9.30 Å². The number of epoxide rings is 1. The molecule has 0 aliphatic carbocycles. The first-order valence-corrected chi connectivity index (χ1v) is 4.39. The van der Waals surface area contributed by atoms with Crippen LogP contribution in [0.1, 0.15) is 25.5 Å². The maximum Gasteiger partial charge on any atom is 0.0988 e. The lowest BCUT2D eigenvalue weighted by molar-refractivity contribution is 0.382. The van der Waals surface area contributed by atoms with E-state index in [-0.39, 0.29) is 0 Å². The zero-order valence-electron chi connectivity index (χ0n) is 7.53. The van der Waals surface area contributed by atoms with Crippen LogP contribution in [0.3, 0.4) is 0 Å². The van der Waals surface area contributed by atoms with Gasteiger partial charge in [-0.3, -0.25) is 0 Å². The molecule has 1 aromatic heterocycles. The molecule has 1 aliphatic rings. The summed E-state index contributed by atoms with van der Waals surface area (Å²) >= 11 is 0. The van der Waals surface area contributed by atoms with E-state index in [1.807, 2.05) is 6.33 Å². The molecule has 3 heteroatoms. The van der Waals surface area contributed by atoms with Gasteiger partial charge in [-0.15, -0.1) is 0 Å². The zero-order chi connectivity index (χ0) is 8.55. The Bertz CT molecular complexity index is 263. The minimum Gasteiger partial charge on any atom is -0.371 e. The van der Waals surface area contributed by atoms with Crippen LogP contribution in [0, 0.1) is 0 Å². The highest BCUT2D eigenvalue weighted by Gasteiger charge is 2.22. The van der Waals surface area contributed by atoms with Crippen LogP contribution in [0.4, 0.5) is 0 Å². The molecule has 1 unspecified atom stereocenters. The molecule has 0 saturated carbocycles. The van der Waals surface area contributed by atoms with Crippen molar-refractivity contribution in [2.24, 2.45) is 0 Å². The summed E-state index contributed by atoms with van der Waals surface area (Å²) in [5, 5.41) is 0. The van der Waals surface area contributed by atoms with Crippen LogP contribution in [-0.2, 0) is 11.3 Å². The summed E-state index contributed by atoms with van der Waals surface area (Å²) in [5.74, 6) is 0.520. The van der Waals surface area contributed by atoms with Crippen molar-refractivity contribution in [3.05, 3.63) is 18.2 Å². The lowest BCUT2D eigenvalue weighted by Crippen LogP contribution is -2.00. The molecule has 3 nitrogen and oxygen atoms in total. The highest BCUT2D eigenvalue weighted by Crippen LogP contribution is 2.14. The van der Waals surface area contributed by atoms with Crippen molar-refractivity contribution in [3.63, 3.8) is 0 Å². The Hall–Kier alpha value is -0.830. The van der Waals surface area contributed by atoms with Crippen LogP contribution in [0.5, 0.6) is 0 Å². The van der Waals surface area contributed by atoms with Gasteiger partial charge in [0.05, 0.1) is 31.3 Å². The third-order valence-electron chi connectivity index (χ3n) is 2.06. The summed E-state index contributed by atoms with van der Waals surface area (Å²) in [6.45, 7) is 6.18. The van der Waals surface area contributed by atoms with E-state index in [9.17, 15) is 0 Å². The second kappa shape index (κ2) is 2.90. The number of imidazole rings is 1. The van der Waals surface area contributed by atoms with Gasteiger partial charge in [0.15, 0.2) is 0 Å². The van der Waals surface area contributed by atoms with Crippen molar-refractivity contribution in [2.45, 2.75) is 32.4 Å². The number of hydrogen-bond donors (Lipinski definition) is 0. The SMILES string of the molecule is CC(C)c1cn(CC2CO2)cn1. The van der Waals surface area contributed by atoms with Crippen molar-refractivity contribution in [3.8, 4) is 0 Å². The average molecular weight is 166 g/mol. The van der Waals surface area contributed by atoms with E-state index in [0.29, 0.717) is 12.0 Å². The van der Waals surface area contributed by atoms with E-state index < -0.39 is 0 Å². The largest absolute Gasteiger partial charge is 0.371 e. The highest BCUT2D eigenvalue weighted by molar-refractivity contribution is 5.02. The van der Waals surface area contributed by atoms with Crippen molar-refractivity contribution in [1.82, 2.24) is 9.55 Å². The van der Waals surface area contributed by atoms with E-state index in [2.05, 4.69) is 29.6 Å². The highest BCUT2D eigenvalue weighted by atomic mass is 16.6. The van der Waals surface area contributed by atoms with Crippen molar-refractivity contribution in [2.75, 3.05) is 6.61 Å². The van der Waals surface area contributed by atoms with Crippen molar-refractivity contribution < 1.29 is 4.74 Å². The van der Waals surface area contributed by atoms with E-state index in [4.69, 9.17) is 4.74 Å². The molecule has 0 aromatic carbocycles. The molecular formula is C9H14N2O. The third kappa shape index (κ3) is 1.67. The Morgan fingerprint density at radius 1 is 1.75 bits per heavy atom. The fourth-order valence-electron chi connectivity index (χ4n) is 1.18. The number of aromatic nitrogens is 2. The normalized spacial score (nSPS) is 21.8. The van der Waals surface area contributed by atoms with E-state index in [0.717, 1.165) is 18.8 Å². The van der Waals surface area contributed by atoms with Crippen LogP contribution in [0.2, 0.25) is 0 Å². The summed E-state index contributed by atoms with van der Waals surface area (Å²) in [5.41, 5.74) is 1.16. The van der Waals surface area contributed by atoms with Gasteiger partial charge in [0.25, 0.3) is 0 Å². The molecule has 1 aromatic rings. The van der Waals surface area contributed by atoms with E-state index in [1.165, 1.54) is 0 Å². The quantitative estimate of drug-likeness (QED) is 0.635. The van der Waals surface area contributed by atoms with Crippen molar-refractivity contribution >= 4 is 0 Å². The average Bonchev–Trinajstić information content (AvgIpc) is 2.66. The summed E-state index contributed by atoms with van der Waals surface area (Å²) in [4.78, 5) is 4.30. The monoisotopic (exact) mass is 166 g/mol. The smallest absolute Gasteiger partial charge is 0.0988 e. The van der Waals surface area contributed by atoms with Gasteiger partial charge in [-0.1, -0.05) is 13.8 Å². The Kier molecular flexibility index (Phi) is 1.89.